The van der Waals surface area contributed by atoms with Gasteiger partial charge in [-0.1, -0.05) is 0 Å². The van der Waals surface area contributed by atoms with Crippen molar-refractivity contribution < 1.29 is 9.47 Å². The monoisotopic (exact) mass is 199 g/mol. The lowest BCUT2D eigenvalue weighted by Gasteiger charge is -2.43. The van der Waals surface area contributed by atoms with E-state index in [0.29, 0.717) is 6.10 Å². The van der Waals surface area contributed by atoms with E-state index >= 15 is 0 Å². The van der Waals surface area contributed by atoms with Crippen molar-refractivity contribution >= 4 is 0 Å². The Kier molecular flexibility index (Phi) is 3.42. The lowest BCUT2D eigenvalue weighted by atomic mass is 9.84. The number of rotatable bonds is 2. The van der Waals surface area contributed by atoms with Crippen LogP contribution in [0.15, 0.2) is 0 Å². The molecule has 0 aromatic heterocycles. The molecule has 2 saturated heterocycles. The molecule has 0 saturated carbocycles. The first-order valence-corrected chi connectivity index (χ1v) is 5.81. The van der Waals surface area contributed by atoms with Gasteiger partial charge in [-0.15, -0.1) is 0 Å². The van der Waals surface area contributed by atoms with Gasteiger partial charge in [0.05, 0.1) is 11.7 Å². The van der Waals surface area contributed by atoms with Crippen molar-refractivity contribution in [3.05, 3.63) is 0 Å². The fourth-order valence-corrected chi connectivity index (χ4v) is 2.59. The Morgan fingerprint density at radius 1 is 1.43 bits per heavy atom. The van der Waals surface area contributed by atoms with Crippen LogP contribution in [-0.2, 0) is 9.47 Å². The molecule has 0 amide bonds. The summed E-state index contributed by atoms with van der Waals surface area (Å²) < 4.78 is 11.7. The van der Waals surface area contributed by atoms with E-state index in [-0.39, 0.29) is 5.60 Å². The second-order valence-electron chi connectivity index (χ2n) is 4.35. The maximum atomic E-state index is 5.96. The molecule has 0 aromatic rings. The molecule has 0 aromatic carbocycles. The van der Waals surface area contributed by atoms with Crippen LogP contribution in [0.1, 0.15) is 32.6 Å². The molecule has 1 unspecified atom stereocenters. The summed E-state index contributed by atoms with van der Waals surface area (Å²) in [4.78, 5) is 0. The maximum Gasteiger partial charge on any atom is 0.0731 e. The Morgan fingerprint density at radius 3 is 2.93 bits per heavy atom. The van der Waals surface area contributed by atoms with Gasteiger partial charge in [-0.2, -0.15) is 0 Å². The average Bonchev–Trinajstić information content (AvgIpc) is 2.19. The van der Waals surface area contributed by atoms with Crippen molar-refractivity contribution in [2.75, 3.05) is 26.3 Å². The van der Waals surface area contributed by atoms with Crippen molar-refractivity contribution in [1.82, 2.24) is 5.32 Å². The van der Waals surface area contributed by atoms with Gasteiger partial charge >= 0.3 is 0 Å². The molecule has 0 bridgehead atoms. The summed E-state index contributed by atoms with van der Waals surface area (Å²) in [6.07, 6.45) is 4.91. The summed E-state index contributed by atoms with van der Waals surface area (Å²) in [5.74, 6) is 0. The topological polar surface area (TPSA) is 30.5 Å². The SMILES string of the molecule is CCOC1CCOC2(CCNCC2)C1. The molecule has 2 rings (SSSR count). The van der Waals surface area contributed by atoms with Crippen molar-refractivity contribution in [1.29, 1.82) is 0 Å². The van der Waals surface area contributed by atoms with Gasteiger partial charge in [0.15, 0.2) is 0 Å². The minimum absolute atomic E-state index is 0.142. The molecule has 0 aliphatic carbocycles. The predicted octanol–water partition coefficient (Wildman–Crippen LogP) is 1.32. The normalized spacial score (nSPS) is 31.9. The first-order valence-electron chi connectivity index (χ1n) is 5.81. The third-order valence-electron chi connectivity index (χ3n) is 3.36. The molecule has 3 heteroatoms. The van der Waals surface area contributed by atoms with Crippen LogP contribution >= 0.6 is 0 Å². The Morgan fingerprint density at radius 2 is 2.21 bits per heavy atom. The highest BCUT2D eigenvalue weighted by molar-refractivity contribution is 4.91. The van der Waals surface area contributed by atoms with Crippen LogP contribution in [-0.4, -0.2) is 38.0 Å². The Bertz CT molecular complexity index is 171. The smallest absolute Gasteiger partial charge is 0.0731 e. The zero-order chi connectivity index (χ0) is 9.86. The van der Waals surface area contributed by atoms with Crippen molar-refractivity contribution in [2.45, 2.75) is 44.3 Å². The Labute approximate surface area is 86.2 Å². The fraction of sp³-hybridized carbons (Fsp3) is 1.00. The molecular weight excluding hydrogens is 178 g/mol. The zero-order valence-corrected chi connectivity index (χ0v) is 9.05. The third kappa shape index (κ3) is 2.27. The van der Waals surface area contributed by atoms with Crippen molar-refractivity contribution in [3.8, 4) is 0 Å². The summed E-state index contributed by atoms with van der Waals surface area (Å²) in [5, 5.41) is 3.38. The molecule has 82 valence electrons. The quantitative estimate of drug-likeness (QED) is 0.727. The molecule has 2 fully saturated rings. The minimum atomic E-state index is 0.142. The van der Waals surface area contributed by atoms with Gasteiger partial charge in [0.2, 0.25) is 0 Å². The molecule has 1 N–H and O–H groups in total. The van der Waals surface area contributed by atoms with Crippen LogP contribution in [0.3, 0.4) is 0 Å². The van der Waals surface area contributed by atoms with E-state index in [0.717, 1.165) is 52.0 Å². The van der Waals surface area contributed by atoms with Crippen LogP contribution < -0.4 is 5.32 Å². The van der Waals surface area contributed by atoms with Gasteiger partial charge in [0, 0.05) is 19.6 Å². The Hall–Kier alpha value is -0.120. The Balaban J connectivity index is 1.91. The molecule has 0 radical (unpaired) electrons. The van der Waals surface area contributed by atoms with Gasteiger partial charge in [0.1, 0.15) is 0 Å². The summed E-state index contributed by atoms with van der Waals surface area (Å²) in [6.45, 7) is 5.98. The minimum Gasteiger partial charge on any atom is -0.378 e. The van der Waals surface area contributed by atoms with E-state index in [1.54, 1.807) is 0 Å². The van der Waals surface area contributed by atoms with Gasteiger partial charge in [-0.3, -0.25) is 0 Å². The van der Waals surface area contributed by atoms with Gasteiger partial charge in [-0.25, -0.2) is 0 Å². The standard InChI is InChI=1S/C11H21NO2/c1-2-13-10-3-8-14-11(9-10)4-6-12-7-5-11/h10,12H,2-9H2,1H3. The average molecular weight is 199 g/mol. The van der Waals surface area contributed by atoms with Crippen LogP contribution in [0.4, 0.5) is 0 Å². The highest BCUT2D eigenvalue weighted by Crippen LogP contribution is 2.34. The number of ether oxygens (including phenoxy) is 2. The summed E-state index contributed by atoms with van der Waals surface area (Å²) in [5.41, 5.74) is 0.142. The number of nitrogens with one attached hydrogen (secondary N) is 1. The van der Waals surface area contributed by atoms with Gasteiger partial charge in [0.25, 0.3) is 0 Å². The third-order valence-corrected chi connectivity index (χ3v) is 3.36. The van der Waals surface area contributed by atoms with Crippen LogP contribution in [0, 0.1) is 0 Å². The second-order valence-corrected chi connectivity index (χ2v) is 4.35. The molecule has 2 aliphatic heterocycles. The van der Waals surface area contributed by atoms with E-state index in [9.17, 15) is 0 Å². The zero-order valence-electron chi connectivity index (χ0n) is 9.05. The second kappa shape index (κ2) is 4.60. The van der Waals surface area contributed by atoms with Crippen molar-refractivity contribution in [3.63, 3.8) is 0 Å². The molecule has 14 heavy (non-hydrogen) atoms. The lowest BCUT2D eigenvalue weighted by molar-refractivity contribution is -0.144. The summed E-state index contributed by atoms with van der Waals surface area (Å²) >= 11 is 0. The first-order chi connectivity index (χ1) is 6.85. The van der Waals surface area contributed by atoms with Crippen LogP contribution in [0.25, 0.3) is 0 Å². The first kappa shape index (κ1) is 10.4. The van der Waals surface area contributed by atoms with E-state index in [4.69, 9.17) is 9.47 Å². The molecular formula is C11H21NO2. The van der Waals surface area contributed by atoms with E-state index in [2.05, 4.69) is 12.2 Å². The summed E-state index contributed by atoms with van der Waals surface area (Å²) in [7, 11) is 0. The van der Waals surface area contributed by atoms with Crippen molar-refractivity contribution in [2.24, 2.45) is 0 Å². The predicted molar refractivity (Wildman–Crippen MR) is 55.4 cm³/mol. The highest BCUT2D eigenvalue weighted by atomic mass is 16.5. The van der Waals surface area contributed by atoms with E-state index < -0.39 is 0 Å². The molecule has 2 aliphatic rings. The van der Waals surface area contributed by atoms with Crippen LogP contribution in [0.5, 0.6) is 0 Å². The molecule has 1 atom stereocenters. The number of hydrogen-bond donors (Lipinski definition) is 1. The largest absolute Gasteiger partial charge is 0.378 e. The van der Waals surface area contributed by atoms with Crippen LogP contribution in [0.2, 0.25) is 0 Å². The van der Waals surface area contributed by atoms with Gasteiger partial charge in [-0.05, 0) is 39.3 Å². The van der Waals surface area contributed by atoms with E-state index in [1.165, 1.54) is 0 Å². The lowest BCUT2D eigenvalue weighted by Crippen LogP contribution is -2.49. The van der Waals surface area contributed by atoms with Gasteiger partial charge < -0.3 is 14.8 Å². The number of piperidine rings is 1. The maximum absolute atomic E-state index is 5.96. The van der Waals surface area contributed by atoms with E-state index in [1.807, 2.05) is 0 Å². The molecule has 1 spiro atoms. The fourth-order valence-electron chi connectivity index (χ4n) is 2.59. The highest BCUT2D eigenvalue weighted by Gasteiger charge is 2.38. The molecule has 2 heterocycles. The number of hydrogen-bond acceptors (Lipinski definition) is 3. The molecule has 3 nitrogen and oxygen atoms in total. The summed E-state index contributed by atoms with van der Waals surface area (Å²) in [6, 6.07) is 0.